The van der Waals surface area contributed by atoms with E-state index < -0.39 is 0 Å². The zero-order valence-corrected chi connectivity index (χ0v) is 9.97. The van der Waals surface area contributed by atoms with Gasteiger partial charge in [-0.15, -0.1) is 0 Å². The molecule has 1 aromatic rings. The molecule has 1 unspecified atom stereocenters. The van der Waals surface area contributed by atoms with Crippen LogP contribution in [0.5, 0.6) is 0 Å². The Bertz CT molecular complexity index is 312. The Morgan fingerprint density at radius 1 is 1.25 bits per heavy atom. The van der Waals surface area contributed by atoms with E-state index in [4.69, 9.17) is 5.73 Å². The van der Waals surface area contributed by atoms with Crippen molar-refractivity contribution >= 4 is 5.69 Å². The van der Waals surface area contributed by atoms with Crippen molar-refractivity contribution in [2.75, 3.05) is 37.6 Å². The van der Waals surface area contributed by atoms with Gasteiger partial charge in [-0.25, -0.2) is 0 Å². The van der Waals surface area contributed by atoms with Crippen LogP contribution in [-0.2, 0) is 0 Å². The van der Waals surface area contributed by atoms with Crippen LogP contribution in [-0.4, -0.2) is 43.7 Å². The summed E-state index contributed by atoms with van der Waals surface area (Å²) in [5, 5.41) is 0. The molecule has 0 aliphatic carbocycles. The maximum absolute atomic E-state index is 5.61. The van der Waals surface area contributed by atoms with Gasteiger partial charge in [-0.2, -0.15) is 0 Å². The van der Waals surface area contributed by atoms with Gasteiger partial charge in [-0.3, -0.25) is 4.90 Å². The Hall–Kier alpha value is -1.06. The van der Waals surface area contributed by atoms with Crippen molar-refractivity contribution in [2.24, 2.45) is 5.73 Å². The molecule has 88 valence electrons. The Morgan fingerprint density at radius 3 is 2.62 bits per heavy atom. The van der Waals surface area contributed by atoms with Crippen LogP contribution >= 0.6 is 0 Å². The molecule has 0 bridgehead atoms. The molecule has 1 saturated heterocycles. The van der Waals surface area contributed by atoms with Gasteiger partial charge < -0.3 is 10.6 Å². The van der Waals surface area contributed by atoms with Crippen LogP contribution in [0.2, 0.25) is 0 Å². The summed E-state index contributed by atoms with van der Waals surface area (Å²) in [6.07, 6.45) is 0. The van der Waals surface area contributed by atoms with Crippen molar-refractivity contribution in [2.45, 2.75) is 13.0 Å². The van der Waals surface area contributed by atoms with E-state index in [1.54, 1.807) is 0 Å². The second-order valence-electron chi connectivity index (χ2n) is 4.46. The van der Waals surface area contributed by atoms with Gasteiger partial charge in [0, 0.05) is 44.5 Å². The molecule has 3 heteroatoms. The third kappa shape index (κ3) is 2.54. The van der Waals surface area contributed by atoms with Gasteiger partial charge in [-0.1, -0.05) is 18.2 Å². The third-order valence-electron chi connectivity index (χ3n) is 3.30. The molecule has 0 aromatic heterocycles. The maximum atomic E-state index is 5.61. The lowest BCUT2D eigenvalue weighted by Gasteiger charge is -2.40. The van der Waals surface area contributed by atoms with E-state index >= 15 is 0 Å². The molecule has 1 aromatic carbocycles. The highest BCUT2D eigenvalue weighted by Crippen LogP contribution is 2.18. The summed E-state index contributed by atoms with van der Waals surface area (Å²) in [6.45, 7) is 7.38. The summed E-state index contributed by atoms with van der Waals surface area (Å²) in [7, 11) is 0. The zero-order chi connectivity index (χ0) is 11.4. The molecule has 3 nitrogen and oxygen atoms in total. The molecule has 0 amide bonds. The number of hydrogen-bond acceptors (Lipinski definition) is 3. The lowest BCUT2D eigenvalue weighted by Crippen LogP contribution is -2.53. The molecule has 0 radical (unpaired) electrons. The molecule has 0 spiro atoms. The number of nitrogens with two attached hydrogens (primary N) is 1. The fourth-order valence-corrected chi connectivity index (χ4v) is 2.37. The van der Waals surface area contributed by atoms with Crippen molar-refractivity contribution in [3.05, 3.63) is 30.3 Å². The number of anilines is 1. The molecule has 1 fully saturated rings. The van der Waals surface area contributed by atoms with Gasteiger partial charge in [0.1, 0.15) is 0 Å². The van der Waals surface area contributed by atoms with E-state index in [0.29, 0.717) is 6.04 Å². The molecule has 1 atom stereocenters. The first-order chi connectivity index (χ1) is 7.81. The van der Waals surface area contributed by atoms with Crippen LogP contribution in [0.1, 0.15) is 6.92 Å². The first-order valence-electron chi connectivity index (χ1n) is 6.05. The van der Waals surface area contributed by atoms with E-state index in [1.165, 1.54) is 5.69 Å². The van der Waals surface area contributed by atoms with Gasteiger partial charge in [0.05, 0.1) is 0 Å². The van der Waals surface area contributed by atoms with Gasteiger partial charge in [0.2, 0.25) is 0 Å². The summed E-state index contributed by atoms with van der Waals surface area (Å²) in [6, 6.07) is 11.2. The predicted octanol–water partition coefficient (Wildman–Crippen LogP) is 1.16. The first-order valence-corrected chi connectivity index (χ1v) is 6.05. The minimum atomic E-state index is 0.595. The van der Waals surface area contributed by atoms with Gasteiger partial charge in [-0.05, 0) is 19.1 Å². The van der Waals surface area contributed by atoms with Crippen molar-refractivity contribution in [3.63, 3.8) is 0 Å². The standard InChI is InChI=1S/C13H21N3/c1-12-11-16(10-9-15(12)8-7-14)13-5-3-2-4-6-13/h2-6,12H,7-11,14H2,1H3. The van der Waals surface area contributed by atoms with Crippen LogP contribution in [0.15, 0.2) is 30.3 Å². The van der Waals surface area contributed by atoms with Gasteiger partial charge in [0.25, 0.3) is 0 Å². The number of para-hydroxylation sites is 1. The number of piperazine rings is 1. The molecule has 1 aliphatic rings. The highest BCUT2D eigenvalue weighted by atomic mass is 15.3. The molecule has 2 rings (SSSR count). The van der Waals surface area contributed by atoms with E-state index in [2.05, 4.69) is 47.1 Å². The summed E-state index contributed by atoms with van der Waals surface area (Å²) in [5.41, 5.74) is 6.95. The minimum absolute atomic E-state index is 0.595. The Morgan fingerprint density at radius 2 is 2.00 bits per heavy atom. The molecule has 2 N–H and O–H groups in total. The highest BCUT2D eigenvalue weighted by Gasteiger charge is 2.22. The second-order valence-corrected chi connectivity index (χ2v) is 4.46. The smallest absolute Gasteiger partial charge is 0.0367 e. The van der Waals surface area contributed by atoms with Crippen molar-refractivity contribution in [1.82, 2.24) is 4.90 Å². The van der Waals surface area contributed by atoms with Gasteiger partial charge in [0.15, 0.2) is 0 Å². The van der Waals surface area contributed by atoms with Crippen molar-refractivity contribution in [1.29, 1.82) is 0 Å². The van der Waals surface area contributed by atoms with E-state index in [-0.39, 0.29) is 0 Å². The van der Waals surface area contributed by atoms with Gasteiger partial charge >= 0.3 is 0 Å². The lowest BCUT2D eigenvalue weighted by molar-refractivity contribution is 0.195. The number of benzene rings is 1. The number of rotatable bonds is 3. The molecule has 16 heavy (non-hydrogen) atoms. The summed E-state index contributed by atoms with van der Waals surface area (Å²) < 4.78 is 0. The molecule has 0 saturated carbocycles. The summed E-state index contributed by atoms with van der Waals surface area (Å²) in [5.74, 6) is 0. The zero-order valence-electron chi connectivity index (χ0n) is 9.97. The lowest BCUT2D eigenvalue weighted by atomic mass is 10.1. The van der Waals surface area contributed by atoms with E-state index in [0.717, 1.165) is 32.7 Å². The monoisotopic (exact) mass is 219 g/mol. The number of nitrogens with zero attached hydrogens (tertiary/aromatic N) is 2. The van der Waals surface area contributed by atoms with Crippen LogP contribution in [0.4, 0.5) is 5.69 Å². The Balaban J connectivity index is 1.97. The average Bonchev–Trinajstić information content (AvgIpc) is 2.33. The van der Waals surface area contributed by atoms with E-state index in [1.807, 2.05) is 0 Å². The topological polar surface area (TPSA) is 32.5 Å². The maximum Gasteiger partial charge on any atom is 0.0367 e. The summed E-state index contributed by atoms with van der Waals surface area (Å²) in [4.78, 5) is 4.93. The molecular formula is C13H21N3. The fourth-order valence-electron chi connectivity index (χ4n) is 2.37. The Kier molecular flexibility index (Phi) is 3.80. The van der Waals surface area contributed by atoms with Crippen molar-refractivity contribution < 1.29 is 0 Å². The molecular weight excluding hydrogens is 198 g/mol. The largest absolute Gasteiger partial charge is 0.369 e. The number of hydrogen-bond donors (Lipinski definition) is 1. The first kappa shape index (κ1) is 11.4. The highest BCUT2D eigenvalue weighted by molar-refractivity contribution is 5.46. The predicted molar refractivity (Wildman–Crippen MR) is 68.7 cm³/mol. The normalized spacial score (nSPS) is 22.4. The fraction of sp³-hybridized carbons (Fsp3) is 0.538. The molecule has 1 aliphatic heterocycles. The third-order valence-corrected chi connectivity index (χ3v) is 3.30. The summed E-state index contributed by atoms with van der Waals surface area (Å²) >= 11 is 0. The van der Waals surface area contributed by atoms with Crippen LogP contribution in [0.3, 0.4) is 0 Å². The SMILES string of the molecule is CC1CN(c2ccccc2)CCN1CCN. The average molecular weight is 219 g/mol. The van der Waals surface area contributed by atoms with E-state index in [9.17, 15) is 0 Å². The van der Waals surface area contributed by atoms with Crippen LogP contribution in [0.25, 0.3) is 0 Å². The second kappa shape index (κ2) is 5.32. The molecule has 1 heterocycles. The van der Waals surface area contributed by atoms with Crippen molar-refractivity contribution in [3.8, 4) is 0 Å². The van der Waals surface area contributed by atoms with Crippen LogP contribution in [0, 0.1) is 0 Å². The minimum Gasteiger partial charge on any atom is -0.369 e. The Labute approximate surface area is 97.8 Å². The quantitative estimate of drug-likeness (QED) is 0.828. The van der Waals surface area contributed by atoms with Crippen LogP contribution < -0.4 is 10.6 Å².